The Hall–Kier alpha value is -1.97. The highest BCUT2D eigenvalue weighted by atomic mass is 16.6. The maximum atomic E-state index is 12.7. The molecule has 1 N–H and O–H groups in total. The number of ether oxygens (including phenoxy) is 1. The first-order valence-electron chi connectivity index (χ1n) is 9.63. The molecule has 2 aliphatic rings. The molecule has 1 heterocycles. The molecule has 0 spiro atoms. The van der Waals surface area contributed by atoms with Gasteiger partial charge >= 0.3 is 6.09 Å². The van der Waals surface area contributed by atoms with E-state index < -0.39 is 0 Å². The number of carbonyl (C=O) groups excluding carboxylic acids is 1. The van der Waals surface area contributed by atoms with Gasteiger partial charge in [-0.3, -0.25) is 0 Å². The van der Waals surface area contributed by atoms with E-state index in [0.29, 0.717) is 24.4 Å². The van der Waals surface area contributed by atoms with Crippen LogP contribution >= 0.6 is 0 Å². The maximum Gasteiger partial charge on any atom is 0.410 e. The summed E-state index contributed by atoms with van der Waals surface area (Å²) in [7, 11) is 0. The van der Waals surface area contributed by atoms with Crippen LogP contribution in [-0.4, -0.2) is 34.7 Å². The third-order valence-corrected chi connectivity index (χ3v) is 6.21. The number of nitrogens with zero attached hydrogens (tertiary/aromatic N) is 1. The number of aromatic nitrogens is 1. The van der Waals surface area contributed by atoms with Crippen molar-refractivity contribution in [2.75, 3.05) is 6.61 Å². The van der Waals surface area contributed by atoms with E-state index in [1.54, 1.807) is 0 Å². The third-order valence-electron chi connectivity index (χ3n) is 6.21. The van der Waals surface area contributed by atoms with Gasteiger partial charge in [-0.1, -0.05) is 18.2 Å². The molecule has 1 amide bonds. The Labute approximate surface area is 149 Å². The summed E-state index contributed by atoms with van der Waals surface area (Å²) >= 11 is 0. The van der Waals surface area contributed by atoms with Gasteiger partial charge in [0.2, 0.25) is 0 Å². The van der Waals surface area contributed by atoms with Crippen LogP contribution in [0.5, 0.6) is 0 Å². The second kappa shape index (κ2) is 6.40. The quantitative estimate of drug-likeness (QED) is 0.859. The number of H-pyrrole nitrogens is 1. The zero-order chi connectivity index (χ0) is 17.6. The molecule has 4 atom stereocenters. The van der Waals surface area contributed by atoms with E-state index in [1.165, 1.54) is 35.7 Å². The van der Waals surface area contributed by atoms with E-state index in [1.807, 2.05) is 11.8 Å². The summed E-state index contributed by atoms with van der Waals surface area (Å²) < 4.78 is 5.42. The van der Waals surface area contributed by atoms with Crippen molar-refractivity contribution < 1.29 is 9.53 Å². The van der Waals surface area contributed by atoms with Gasteiger partial charge in [-0.2, -0.15) is 0 Å². The van der Waals surface area contributed by atoms with Crippen LogP contribution in [0.15, 0.2) is 30.5 Å². The first-order chi connectivity index (χ1) is 12.1. The first kappa shape index (κ1) is 16.5. The normalized spacial score (nSPS) is 28.0. The number of hydrogen-bond donors (Lipinski definition) is 1. The molecule has 2 aromatic rings. The topological polar surface area (TPSA) is 45.3 Å². The first-order valence-corrected chi connectivity index (χ1v) is 9.63. The summed E-state index contributed by atoms with van der Waals surface area (Å²) in [5.41, 5.74) is 2.56. The van der Waals surface area contributed by atoms with Crippen LogP contribution in [0.1, 0.15) is 51.5 Å². The van der Waals surface area contributed by atoms with Gasteiger partial charge in [0, 0.05) is 35.1 Å². The average molecular weight is 340 g/mol. The molecule has 0 radical (unpaired) electrons. The van der Waals surface area contributed by atoms with Crippen molar-refractivity contribution in [3.05, 3.63) is 36.0 Å². The minimum Gasteiger partial charge on any atom is -0.450 e. The van der Waals surface area contributed by atoms with Gasteiger partial charge in [-0.15, -0.1) is 0 Å². The van der Waals surface area contributed by atoms with Gasteiger partial charge in [0.25, 0.3) is 0 Å². The molecule has 4 heteroatoms. The Bertz CT molecular complexity index is 766. The fourth-order valence-electron chi connectivity index (χ4n) is 5.34. The second-order valence-electron chi connectivity index (χ2n) is 7.84. The number of amides is 1. The van der Waals surface area contributed by atoms with Crippen LogP contribution in [0.25, 0.3) is 10.9 Å². The predicted octanol–water partition coefficient (Wildman–Crippen LogP) is 4.92. The predicted molar refractivity (Wildman–Crippen MR) is 99.7 cm³/mol. The van der Waals surface area contributed by atoms with Crippen molar-refractivity contribution >= 4 is 17.0 Å². The zero-order valence-electron chi connectivity index (χ0n) is 15.4. The van der Waals surface area contributed by atoms with E-state index in [0.717, 1.165) is 0 Å². The van der Waals surface area contributed by atoms with E-state index in [4.69, 9.17) is 4.74 Å². The molecule has 1 aromatic heterocycles. The zero-order valence-corrected chi connectivity index (χ0v) is 15.4. The van der Waals surface area contributed by atoms with Crippen molar-refractivity contribution in [2.45, 2.75) is 58.0 Å². The number of benzene rings is 1. The average Bonchev–Trinajstić information content (AvgIpc) is 3.29. The summed E-state index contributed by atoms with van der Waals surface area (Å²) in [5.74, 6) is 1.67. The number of carbonyl (C=O) groups is 1. The highest BCUT2D eigenvalue weighted by Gasteiger charge is 2.52. The Morgan fingerprint density at radius 1 is 1.28 bits per heavy atom. The smallest absolute Gasteiger partial charge is 0.410 e. The van der Waals surface area contributed by atoms with Crippen molar-refractivity contribution in [2.24, 2.45) is 11.8 Å². The summed E-state index contributed by atoms with van der Waals surface area (Å²) in [5, 5.41) is 1.30. The van der Waals surface area contributed by atoms with Gasteiger partial charge < -0.3 is 14.6 Å². The standard InChI is InChI=1S/C21H28N2O2/c1-4-25-21(24)23(13(2)3)20-15-10-9-14(11-15)19(20)17-12-22-18-8-6-5-7-16(17)18/h5-8,12-15,19-20,22H,4,9-11H2,1-3H3/t14-,15+,19+,20-/m1/s1. The number of hydrogen-bond acceptors (Lipinski definition) is 2. The Balaban J connectivity index is 1.76. The number of para-hydroxylation sites is 1. The Morgan fingerprint density at radius 3 is 2.80 bits per heavy atom. The van der Waals surface area contributed by atoms with Crippen LogP contribution in [-0.2, 0) is 4.74 Å². The molecular formula is C21H28N2O2. The molecule has 2 fully saturated rings. The lowest BCUT2D eigenvalue weighted by Gasteiger charge is -2.41. The largest absolute Gasteiger partial charge is 0.450 e. The fraction of sp³-hybridized carbons (Fsp3) is 0.571. The van der Waals surface area contributed by atoms with E-state index in [9.17, 15) is 4.79 Å². The van der Waals surface area contributed by atoms with Gasteiger partial charge in [0.05, 0.1) is 6.61 Å². The molecule has 25 heavy (non-hydrogen) atoms. The summed E-state index contributed by atoms with van der Waals surface area (Å²) in [4.78, 5) is 18.2. The molecule has 2 bridgehead atoms. The minimum absolute atomic E-state index is 0.149. The Kier molecular flexibility index (Phi) is 4.22. The van der Waals surface area contributed by atoms with Crippen molar-refractivity contribution in [1.82, 2.24) is 9.88 Å². The van der Waals surface area contributed by atoms with Crippen LogP contribution in [0.4, 0.5) is 4.79 Å². The molecule has 1 aromatic carbocycles. The van der Waals surface area contributed by atoms with Crippen molar-refractivity contribution in [3.8, 4) is 0 Å². The van der Waals surface area contributed by atoms with Crippen molar-refractivity contribution in [1.29, 1.82) is 0 Å². The van der Waals surface area contributed by atoms with Gasteiger partial charge in [0.15, 0.2) is 0 Å². The molecule has 0 saturated heterocycles. The third kappa shape index (κ3) is 2.62. The monoisotopic (exact) mass is 340 g/mol. The molecule has 0 aliphatic heterocycles. The lowest BCUT2D eigenvalue weighted by Crippen LogP contribution is -2.50. The number of aromatic amines is 1. The van der Waals surface area contributed by atoms with E-state index in [2.05, 4.69) is 49.3 Å². The van der Waals surface area contributed by atoms with Crippen LogP contribution in [0.2, 0.25) is 0 Å². The molecular weight excluding hydrogens is 312 g/mol. The van der Waals surface area contributed by atoms with Crippen LogP contribution in [0, 0.1) is 11.8 Å². The van der Waals surface area contributed by atoms with Crippen LogP contribution in [0.3, 0.4) is 0 Å². The lowest BCUT2D eigenvalue weighted by molar-refractivity contribution is 0.0545. The van der Waals surface area contributed by atoms with Crippen molar-refractivity contribution in [3.63, 3.8) is 0 Å². The molecule has 4 rings (SSSR count). The molecule has 134 valence electrons. The highest BCUT2D eigenvalue weighted by molar-refractivity contribution is 5.84. The Morgan fingerprint density at radius 2 is 2.04 bits per heavy atom. The fourth-order valence-corrected chi connectivity index (χ4v) is 5.34. The maximum absolute atomic E-state index is 12.7. The van der Waals surface area contributed by atoms with Crippen LogP contribution < -0.4 is 0 Å². The van der Waals surface area contributed by atoms with Gasteiger partial charge in [0.1, 0.15) is 0 Å². The summed E-state index contributed by atoms with van der Waals surface area (Å²) in [6.45, 7) is 6.53. The molecule has 2 aliphatic carbocycles. The number of rotatable bonds is 4. The second-order valence-corrected chi connectivity index (χ2v) is 7.84. The lowest BCUT2D eigenvalue weighted by atomic mass is 9.78. The number of fused-ring (bicyclic) bond motifs is 3. The van der Waals surface area contributed by atoms with Gasteiger partial charge in [-0.05, 0) is 63.5 Å². The molecule has 0 unspecified atom stereocenters. The molecule has 2 saturated carbocycles. The summed E-state index contributed by atoms with van der Waals surface area (Å²) in [6.07, 6.45) is 5.76. The highest BCUT2D eigenvalue weighted by Crippen LogP contribution is 2.56. The van der Waals surface area contributed by atoms with E-state index in [-0.39, 0.29) is 18.2 Å². The molecule has 4 nitrogen and oxygen atoms in total. The number of nitrogens with one attached hydrogen (secondary N) is 1. The SMILES string of the molecule is CCOC(=O)N(C(C)C)[C@@H]1[C@H]2CC[C@H](C2)[C@H]1c1c[nH]c2ccccc12. The van der Waals surface area contributed by atoms with E-state index >= 15 is 0 Å². The van der Waals surface area contributed by atoms with Gasteiger partial charge in [-0.25, -0.2) is 4.79 Å². The summed E-state index contributed by atoms with van der Waals surface area (Å²) in [6, 6.07) is 8.90. The minimum atomic E-state index is -0.153.